The lowest BCUT2D eigenvalue weighted by Crippen LogP contribution is -2.40. The number of aliphatic imine (C=N–C) groups is 1. The number of likely N-dealkylation sites (tertiary alicyclic amines) is 1. The van der Waals surface area contributed by atoms with Crippen molar-refractivity contribution in [2.24, 2.45) is 10.9 Å². The number of ether oxygens (including phenoxy) is 1. The number of hydrogen-bond donors (Lipinski definition) is 1. The average molecular weight is 440 g/mol. The third-order valence-corrected chi connectivity index (χ3v) is 5.76. The zero-order valence-electron chi connectivity index (χ0n) is 19.6. The second kappa shape index (κ2) is 14.5. The molecule has 1 N–H and O–H groups in total. The van der Waals surface area contributed by atoms with Crippen LogP contribution in [0.1, 0.15) is 37.8 Å². The summed E-state index contributed by atoms with van der Waals surface area (Å²) in [7, 11) is 1.82. The Kier molecular flexibility index (Phi) is 11.7. The highest BCUT2D eigenvalue weighted by Gasteiger charge is 2.22. The third kappa shape index (κ3) is 8.56. The molecule has 1 aromatic rings. The van der Waals surface area contributed by atoms with Crippen molar-refractivity contribution in [1.82, 2.24) is 10.2 Å². The van der Waals surface area contributed by atoms with Gasteiger partial charge in [-0.15, -0.1) is 0 Å². The van der Waals surface area contributed by atoms with E-state index < -0.39 is 0 Å². The monoisotopic (exact) mass is 439 g/mol. The van der Waals surface area contributed by atoms with Gasteiger partial charge in [-0.1, -0.05) is 44.4 Å². The molecule has 1 aromatic carbocycles. The molecule has 0 aromatic heterocycles. The topological polar surface area (TPSA) is 36.9 Å². The summed E-state index contributed by atoms with van der Waals surface area (Å²) in [5.74, 6) is 1.15. The van der Waals surface area contributed by atoms with Gasteiger partial charge in [-0.25, -0.2) is 4.39 Å². The van der Waals surface area contributed by atoms with Crippen molar-refractivity contribution >= 4 is 5.71 Å². The second-order valence-electron chi connectivity index (χ2n) is 7.99. The van der Waals surface area contributed by atoms with Crippen molar-refractivity contribution in [1.29, 1.82) is 0 Å². The van der Waals surface area contributed by atoms with Crippen LogP contribution in [0.25, 0.3) is 0 Å². The van der Waals surface area contributed by atoms with Crippen LogP contribution in [0.5, 0.6) is 0 Å². The summed E-state index contributed by atoms with van der Waals surface area (Å²) in [6.07, 6.45) is 12.7. The van der Waals surface area contributed by atoms with Gasteiger partial charge in [-0.05, 0) is 80.7 Å². The molecule has 1 aliphatic rings. The molecule has 1 aliphatic heterocycles. The average Bonchev–Trinajstić information content (AvgIpc) is 2.82. The summed E-state index contributed by atoms with van der Waals surface area (Å²) < 4.78 is 19.2. The first-order chi connectivity index (χ1) is 15.6. The van der Waals surface area contributed by atoms with Crippen LogP contribution in [0, 0.1) is 11.7 Å². The highest BCUT2D eigenvalue weighted by Crippen LogP contribution is 2.21. The van der Waals surface area contributed by atoms with E-state index in [1.165, 1.54) is 12.1 Å². The molecule has 0 radical (unpaired) electrons. The van der Waals surface area contributed by atoms with E-state index in [9.17, 15) is 4.39 Å². The maximum Gasteiger partial charge on any atom is 0.123 e. The Morgan fingerprint density at radius 1 is 1.28 bits per heavy atom. The van der Waals surface area contributed by atoms with Gasteiger partial charge < -0.3 is 10.1 Å². The Bertz CT molecular complexity index is 790. The minimum atomic E-state index is -0.219. The number of benzene rings is 1. The van der Waals surface area contributed by atoms with Gasteiger partial charge in [0.05, 0.1) is 11.8 Å². The molecule has 0 amide bonds. The van der Waals surface area contributed by atoms with E-state index in [2.05, 4.69) is 47.4 Å². The Balaban J connectivity index is 1.87. The van der Waals surface area contributed by atoms with Crippen molar-refractivity contribution in [3.8, 4) is 0 Å². The number of piperidine rings is 1. The van der Waals surface area contributed by atoms with E-state index >= 15 is 0 Å². The molecule has 0 saturated carbocycles. The van der Waals surface area contributed by atoms with Crippen LogP contribution in [0.3, 0.4) is 0 Å². The number of halogens is 1. The second-order valence-corrected chi connectivity index (χ2v) is 7.99. The SMILES string of the molecule is C=C/C=C(\C=C)OCCN1CCC(CNC(C(/C=C\CC)=NC)c2ccc(F)cc2)CC1. The van der Waals surface area contributed by atoms with Gasteiger partial charge in [-0.3, -0.25) is 9.89 Å². The Morgan fingerprint density at radius 2 is 2.00 bits per heavy atom. The first-order valence-electron chi connectivity index (χ1n) is 11.5. The molecule has 1 unspecified atom stereocenters. The lowest BCUT2D eigenvalue weighted by atomic mass is 9.95. The van der Waals surface area contributed by atoms with Crippen molar-refractivity contribution in [2.75, 3.05) is 39.8 Å². The summed E-state index contributed by atoms with van der Waals surface area (Å²) in [5.41, 5.74) is 2.01. The molecule has 32 heavy (non-hydrogen) atoms. The highest BCUT2D eigenvalue weighted by molar-refractivity contribution is 5.99. The smallest absolute Gasteiger partial charge is 0.123 e. The van der Waals surface area contributed by atoms with Crippen LogP contribution in [0.15, 0.2) is 78.6 Å². The zero-order valence-corrected chi connectivity index (χ0v) is 19.6. The van der Waals surface area contributed by atoms with E-state index in [0.29, 0.717) is 12.5 Å². The molecule has 0 spiro atoms. The van der Waals surface area contributed by atoms with E-state index in [-0.39, 0.29) is 11.9 Å². The fourth-order valence-electron chi connectivity index (χ4n) is 3.87. The van der Waals surface area contributed by atoms with E-state index in [0.717, 1.165) is 62.5 Å². The molecule has 1 heterocycles. The number of hydrogen-bond acceptors (Lipinski definition) is 4. The molecule has 2 rings (SSSR count). The molecule has 1 atom stereocenters. The summed E-state index contributed by atoms with van der Waals surface area (Å²) in [4.78, 5) is 6.95. The molecule has 1 fully saturated rings. The molecule has 0 aliphatic carbocycles. The normalized spacial score (nSPS) is 17.5. The summed E-state index contributed by atoms with van der Waals surface area (Å²) in [6.45, 7) is 14.2. The third-order valence-electron chi connectivity index (χ3n) is 5.76. The summed E-state index contributed by atoms with van der Waals surface area (Å²) in [5, 5.41) is 3.70. The predicted molar refractivity (Wildman–Crippen MR) is 134 cm³/mol. The predicted octanol–water partition coefficient (Wildman–Crippen LogP) is 5.48. The first-order valence-corrected chi connectivity index (χ1v) is 11.5. The summed E-state index contributed by atoms with van der Waals surface area (Å²) in [6, 6.07) is 6.69. The van der Waals surface area contributed by atoms with Crippen molar-refractivity contribution in [2.45, 2.75) is 32.2 Å². The fourth-order valence-corrected chi connectivity index (χ4v) is 3.87. The lowest BCUT2D eigenvalue weighted by molar-refractivity contribution is 0.130. The van der Waals surface area contributed by atoms with Crippen molar-refractivity contribution < 1.29 is 9.13 Å². The maximum atomic E-state index is 13.4. The van der Waals surface area contributed by atoms with Crippen LogP contribution in [0.4, 0.5) is 4.39 Å². The van der Waals surface area contributed by atoms with Gasteiger partial charge in [0.15, 0.2) is 0 Å². The largest absolute Gasteiger partial charge is 0.492 e. The van der Waals surface area contributed by atoms with Crippen LogP contribution in [-0.2, 0) is 4.74 Å². The van der Waals surface area contributed by atoms with Crippen LogP contribution in [-0.4, -0.2) is 50.4 Å². The number of nitrogens with one attached hydrogen (secondary N) is 1. The summed E-state index contributed by atoms with van der Waals surface area (Å²) >= 11 is 0. The van der Waals surface area contributed by atoms with Crippen molar-refractivity contribution in [3.63, 3.8) is 0 Å². The van der Waals surface area contributed by atoms with Crippen molar-refractivity contribution in [3.05, 3.63) is 84.9 Å². The Hall–Kier alpha value is -2.50. The Labute approximate surface area is 193 Å². The zero-order chi connectivity index (χ0) is 23.2. The highest BCUT2D eigenvalue weighted by atomic mass is 19.1. The first kappa shape index (κ1) is 25.8. The molecule has 4 nitrogen and oxygen atoms in total. The van der Waals surface area contributed by atoms with Gasteiger partial charge in [0.1, 0.15) is 18.2 Å². The Morgan fingerprint density at radius 3 is 2.59 bits per heavy atom. The van der Waals surface area contributed by atoms with Gasteiger partial charge >= 0.3 is 0 Å². The van der Waals surface area contributed by atoms with E-state index in [4.69, 9.17) is 4.74 Å². The van der Waals surface area contributed by atoms with Gasteiger partial charge in [-0.2, -0.15) is 0 Å². The lowest BCUT2D eigenvalue weighted by Gasteiger charge is -2.33. The van der Waals surface area contributed by atoms with E-state index in [1.54, 1.807) is 12.2 Å². The molecule has 174 valence electrons. The van der Waals surface area contributed by atoms with Gasteiger partial charge in [0.25, 0.3) is 0 Å². The molecule has 5 heteroatoms. The van der Waals surface area contributed by atoms with Crippen LogP contribution >= 0.6 is 0 Å². The standard InChI is InChI=1S/C27H38FN3O/c1-5-8-10-26(29-4)27(23-11-13-24(28)14-12-23)30-21-22-15-17-31(18-16-22)19-20-32-25(7-3)9-6-2/h6-14,22,27,30H,2-3,5,15-21H2,1,4H3/b10-8-,25-9+,29-26?. The molecular formula is C27H38FN3O. The van der Waals surface area contributed by atoms with Gasteiger partial charge in [0.2, 0.25) is 0 Å². The molecular weight excluding hydrogens is 401 g/mol. The maximum absolute atomic E-state index is 13.4. The molecule has 0 bridgehead atoms. The minimum Gasteiger partial charge on any atom is -0.492 e. The number of allylic oxidation sites excluding steroid dienone is 4. The van der Waals surface area contributed by atoms with E-state index in [1.807, 2.05) is 25.3 Å². The van der Waals surface area contributed by atoms with Crippen LogP contribution in [0.2, 0.25) is 0 Å². The van der Waals surface area contributed by atoms with Crippen LogP contribution < -0.4 is 5.32 Å². The fraction of sp³-hybridized carbons (Fsp3) is 0.444. The van der Waals surface area contributed by atoms with Gasteiger partial charge in [0, 0.05) is 13.6 Å². The number of nitrogens with zero attached hydrogens (tertiary/aromatic N) is 2. The quantitative estimate of drug-likeness (QED) is 0.251. The number of rotatable bonds is 13. The molecule has 1 saturated heterocycles. The minimum absolute atomic E-state index is 0.0381.